The zero-order chi connectivity index (χ0) is 16.4. The Morgan fingerprint density at radius 2 is 1.82 bits per heavy atom. The second-order valence-corrected chi connectivity index (χ2v) is 8.61. The summed E-state index contributed by atoms with van der Waals surface area (Å²) in [5, 5.41) is 0. The Hall–Kier alpha value is -0.0000000000000000694. The van der Waals surface area contributed by atoms with Crippen molar-refractivity contribution in [2.75, 3.05) is 13.2 Å². The van der Waals surface area contributed by atoms with Crippen LogP contribution in [0.4, 0.5) is 0 Å². The quantitative estimate of drug-likeness (QED) is 0.687. The first-order valence-electron chi connectivity index (χ1n) is 6.88. The Balaban J connectivity index is 1.87. The van der Waals surface area contributed by atoms with Gasteiger partial charge in [0.15, 0.2) is 11.6 Å². The van der Waals surface area contributed by atoms with Crippen molar-refractivity contribution in [2.24, 2.45) is 0 Å². The predicted octanol–water partition coefficient (Wildman–Crippen LogP) is 0.885. The molecule has 0 aliphatic carbocycles. The van der Waals surface area contributed by atoms with E-state index in [1.807, 2.05) is 0 Å². The standard InChI is InChI=1S/C12H19ClO8S/c1-10(2)18-7-5-16-12(6-17-22(13,14)15)9(8(7)19-10)20-11(3,4)21-12/h7-9H,5-6H2,1-4H3. The molecular formula is C12H19ClO8S. The zero-order valence-corrected chi connectivity index (χ0v) is 14.3. The number of hydrogen-bond acceptors (Lipinski definition) is 8. The summed E-state index contributed by atoms with van der Waals surface area (Å²) in [6, 6.07) is 0. The van der Waals surface area contributed by atoms with E-state index in [2.05, 4.69) is 4.18 Å². The lowest BCUT2D eigenvalue weighted by Crippen LogP contribution is -2.60. The second kappa shape index (κ2) is 5.00. The number of hydrogen-bond donors (Lipinski definition) is 0. The highest BCUT2D eigenvalue weighted by atomic mass is 35.7. The third kappa shape index (κ3) is 3.13. The molecule has 3 fully saturated rings. The van der Waals surface area contributed by atoms with Gasteiger partial charge in [0.25, 0.3) is 0 Å². The smallest absolute Gasteiger partial charge is 0.343 e. The minimum atomic E-state index is -4.16. The molecule has 0 spiro atoms. The van der Waals surface area contributed by atoms with Crippen LogP contribution in [0.5, 0.6) is 0 Å². The third-order valence-corrected chi connectivity index (χ3v) is 4.34. The molecule has 3 aliphatic rings. The van der Waals surface area contributed by atoms with E-state index in [1.54, 1.807) is 27.7 Å². The number of rotatable bonds is 3. The van der Waals surface area contributed by atoms with E-state index < -0.39 is 45.5 Å². The first-order valence-corrected chi connectivity index (χ1v) is 9.12. The summed E-state index contributed by atoms with van der Waals surface area (Å²) in [4.78, 5) is 0. The van der Waals surface area contributed by atoms with Gasteiger partial charge in [-0.3, -0.25) is 4.18 Å². The van der Waals surface area contributed by atoms with Gasteiger partial charge in [0, 0.05) is 10.7 Å². The van der Waals surface area contributed by atoms with Crippen LogP contribution >= 0.6 is 10.7 Å². The van der Waals surface area contributed by atoms with E-state index in [9.17, 15) is 8.42 Å². The van der Waals surface area contributed by atoms with E-state index >= 15 is 0 Å². The van der Waals surface area contributed by atoms with Crippen molar-refractivity contribution >= 4 is 20.0 Å². The fourth-order valence-electron chi connectivity index (χ4n) is 3.10. The van der Waals surface area contributed by atoms with Crippen molar-refractivity contribution in [2.45, 2.75) is 63.4 Å². The average Bonchev–Trinajstić information content (AvgIpc) is 2.78. The van der Waals surface area contributed by atoms with Crippen molar-refractivity contribution in [3.05, 3.63) is 0 Å². The molecule has 4 atom stereocenters. The highest BCUT2D eigenvalue weighted by Gasteiger charge is 2.65. The lowest BCUT2D eigenvalue weighted by molar-refractivity contribution is -0.290. The molecule has 3 saturated heterocycles. The maximum Gasteiger partial charge on any atom is 0.355 e. The Labute approximate surface area is 133 Å². The van der Waals surface area contributed by atoms with E-state index in [1.165, 1.54) is 0 Å². The molecule has 10 heteroatoms. The molecule has 128 valence electrons. The maximum absolute atomic E-state index is 11.1. The van der Waals surface area contributed by atoms with Crippen LogP contribution in [-0.2, 0) is 37.2 Å². The van der Waals surface area contributed by atoms with E-state index in [0.717, 1.165) is 0 Å². The Morgan fingerprint density at radius 3 is 2.45 bits per heavy atom. The molecule has 22 heavy (non-hydrogen) atoms. The molecule has 0 radical (unpaired) electrons. The molecule has 0 bridgehead atoms. The Bertz CT molecular complexity index is 561. The van der Waals surface area contributed by atoms with Gasteiger partial charge in [-0.05, 0) is 27.7 Å². The first-order chi connectivity index (χ1) is 9.92. The molecule has 4 unspecified atom stereocenters. The van der Waals surface area contributed by atoms with Crippen LogP contribution in [0.3, 0.4) is 0 Å². The minimum Gasteiger partial charge on any atom is -0.343 e. The molecule has 0 aromatic rings. The van der Waals surface area contributed by atoms with Gasteiger partial charge in [-0.25, -0.2) is 0 Å². The summed E-state index contributed by atoms with van der Waals surface area (Å²) in [5.41, 5.74) is 0. The van der Waals surface area contributed by atoms with E-state index in [-0.39, 0.29) is 12.7 Å². The van der Waals surface area contributed by atoms with Gasteiger partial charge in [0.05, 0.1) is 6.61 Å². The molecule has 0 aromatic carbocycles. The van der Waals surface area contributed by atoms with E-state index in [4.69, 9.17) is 34.4 Å². The summed E-state index contributed by atoms with van der Waals surface area (Å²) >= 11 is 0. The van der Waals surface area contributed by atoms with Gasteiger partial charge >= 0.3 is 9.33 Å². The van der Waals surface area contributed by atoms with Crippen molar-refractivity contribution in [3.8, 4) is 0 Å². The van der Waals surface area contributed by atoms with Crippen molar-refractivity contribution in [1.82, 2.24) is 0 Å². The predicted molar refractivity (Wildman–Crippen MR) is 73.3 cm³/mol. The lowest BCUT2D eigenvalue weighted by Gasteiger charge is -2.39. The summed E-state index contributed by atoms with van der Waals surface area (Å²) in [5.74, 6) is -3.20. The van der Waals surface area contributed by atoms with Crippen LogP contribution in [0.1, 0.15) is 27.7 Å². The van der Waals surface area contributed by atoms with Crippen molar-refractivity contribution in [1.29, 1.82) is 0 Å². The SMILES string of the molecule is CC1(C)OC2COC3(COS(=O)(=O)Cl)OC(C)(C)OC3C2O1. The van der Waals surface area contributed by atoms with Gasteiger partial charge in [0.2, 0.25) is 5.79 Å². The third-order valence-electron chi connectivity index (χ3n) is 3.68. The average molecular weight is 359 g/mol. The van der Waals surface area contributed by atoms with Gasteiger partial charge in [-0.2, -0.15) is 8.42 Å². The fourth-order valence-corrected chi connectivity index (χ4v) is 3.54. The summed E-state index contributed by atoms with van der Waals surface area (Å²) < 4.78 is 55.8. The normalized spacial score (nSPS) is 42.9. The molecular weight excluding hydrogens is 340 g/mol. The molecule has 3 aliphatic heterocycles. The van der Waals surface area contributed by atoms with Gasteiger partial charge in [-0.15, -0.1) is 0 Å². The van der Waals surface area contributed by atoms with Crippen LogP contribution in [0.2, 0.25) is 0 Å². The van der Waals surface area contributed by atoms with Crippen LogP contribution in [0, 0.1) is 0 Å². The van der Waals surface area contributed by atoms with Crippen LogP contribution in [0.15, 0.2) is 0 Å². The highest BCUT2D eigenvalue weighted by molar-refractivity contribution is 8.09. The molecule has 8 nitrogen and oxygen atoms in total. The van der Waals surface area contributed by atoms with Gasteiger partial charge < -0.3 is 23.7 Å². The first kappa shape index (κ1) is 16.8. The molecule has 0 aromatic heterocycles. The van der Waals surface area contributed by atoms with Gasteiger partial charge in [0.1, 0.15) is 24.9 Å². The Morgan fingerprint density at radius 1 is 1.14 bits per heavy atom. The summed E-state index contributed by atoms with van der Waals surface area (Å²) in [6.07, 6.45) is -1.51. The van der Waals surface area contributed by atoms with Crippen molar-refractivity contribution < 1.29 is 36.3 Å². The minimum absolute atomic E-state index is 0.162. The zero-order valence-electron chi connectivity index (χ0n) is 12.7. The van der Waals surface area contributed by atoms with Crippen LogP contribution in [0.25, 0.3) is 0 Å². The van der Waals surface area contributed by atoms with Crippen molar-refractivity contribution in [3.63, 3.8) is 0 Å². The highest BCUT2D eigenvalue weighted by Crippen LogP contribution is 2.47. The second-order valence-electron chi connectivity index (χ2n) is 6.46. The van der Waals surface area contributed by atoms with Gasteiger partial charge in [-0.1, -0.05) is 0 Å². The fraction of sp³-hybridized carbons (Fsp3) is 1.00. The Kier molecular flexibility index (Phi) is 3.83. The number of halogens is 1. The molecule has 3 rings (SSSR count). The maximum atomic E-state index is 11.1. The van der Waals surface area contributed by atoms with Crippen LogP contribution < -0.4 is 0 Å². The summed E-state index contributed by atoms with van der Waals surface area (Å²) in [7, 11) is 0.944. The largest absolute Gasteiger partial charge is 0.355 e. The number of fused-ring (bicyclic) bond motifs is 3. The molecule has 0 amide bonds. The summed E-state index contributed by atoms with van der Waals surface area (Å²) in [6.45, 7) is 6.69. The van der Waals surface area contributed by atoms with Crippen LogP contribution in [-0.4, -0.2) is 57.3 Å². The van der Waals surface area contributed by atoms with E-state index in [0.29, 0.717) is 0 Å². The lowest BCUT2D eigenvalue weighted by atomic mass is 9.98. The molecule has 0 N–H and O–H groups in total. The molecule has 3 heterocycles. The topological polar surface area (TPSA) is 89.5 Å². The molecule has 0 saturated carbocycles. The monoisotopic (exact) mass is 358 g/mol. The number of ether oxygens (including phenoxy) is 5.